The highest BCUT2D eigenvalue weighted by Gasteiger charge is 2.11. The molecule has 2 N–H and O–H groups in total. The van der Waals surface area contributed by atoms with Gasteiger partial charge in [0.05, 0.1) is 16.2 Å². The lowest BCUT2D eigenvalue weighted by molar-refractivity contribution is 0.618. The molecule has 1 heterocycles. The first-order valence-electron chi connectivity index (χ1n) is 5.69. The third-order valence-electron chi connectivity index (χ3n) is 2.84. The second-order valence-corrected chi connectivity index (χ2v) is 5.12. The largest absolute Gasteiger partial charge is 0.322 e. The molecule has 18 heavy (non-hydrogen) atoms. The second kappa shape index (κ2) is 5.59. The fourth-order valence-corrected chi connectivity index (χ4v) is 2.33. The molecule has 0 radical (unpaired) electrons. The average molecular weight is 309 g/mol. The zero-order valence-electron chi connectivity index (χ0n) is 10.0. The standard InChI is InChI=1S/C14H14BrFN2/c1-9-3-2-6-18-14(9)13(17)8-10-4-5-12(16)11(15)7-10/h2-7,13H,8,17H2,1H3. The highest BCUT2D eigenvalue weighted by Crippen LogP contribution is 2.21. The van der Waals surface area contributed by atoms with Crippen LogP contribution in [0, 0.1) is 12.7 Å². The summed E-state index contributed by atoms with van der Waals surface area (Å²) in [5.74, 6) is -0.263. The number of pyridine rings is 1. The minimum atomic E-state index is -0.263. The SMILES string of the molecule is Cc1cccnc1C(N)Cc1ccc(F)c(Br)c1. The van der Waals surface area contributed by atoms with Crippen LogP contribution in [0.5, 0.6) is 0 Å². The number of aromatic nitrogens is 1. The van der Waals surface area contributed by atoms with E-state index in [1.54, 1.807) is 18.3 Å². The summed E-state index contributed by atoms with van der Waals surface area (Å²) in [6.45, 7) is 1.99. The molecule has 1 aromatic carbocycles. The molecule has 2 aromatic rings. The lowest BCUT2D eigenvalue weighted by Gasteiger charge is -2.13. The quantitative estimate of drug-likeness (QED) is 0.942. The molecule has 0 aliphatic rings. The molecule has 0 aliphatic heterocycles. The molecule has 0 aliphatic carbocycles. The van der Waals surface area contributed by atoms with Crippen molar-refractivity contribution < 1.29 is 4.39 Å². The van der Waals surface area contributed by atoms with Gasteiger partial charge in [0, 0.05) is 6.20 Å². The van der Waals surface area contributed by atoms with E-state index >= 15 is 0 Å². The molecule has 0 amide bonds. The second-order valence-electron chi connectivity index (χ2n) is 4.26. The Bertz CT molecular complexity index is 557. The first-order chi connectivity index (χ1) is 8.58. The van der Waals surface area contributed by atoms with Crippen molar-refractivity contribution in [2.45, 2.75) is 19.4 Å². The number of nitrogens with zero attached hydrogens (tertiary/aromatic N) is 1. The van der Waals surface area contributed by atoms with Crippen LogP contribution in [0.15, 0.2) is 41.0 Å². The van der Waals surface area contributed by atoms with E-state index in [1.807, 2.05) is 19.1 Å². The van der Waals surface area contributed by atoms with E-state index in [-0.39, 0.29) is 11.9 Å². The molecule has 0 saturated heterocycles. The molecule has 0 bridgehead atoms. The molecule has 94 valence electrons. The summed E-state index contributed by atoms with van der Waals surface area (Å²) < 4.78 is 13.6. The van der Waals surface area contributed by atoms with Gasteiger partial charge in [-0.15, -0.1) is 0 Å². The Labute approximate surface area is 114 Å². The van der Waals surface area contributed by atoms with Crippen LogP contribution in [0.25, 0.3) is 0 Å². The Morgan fingerprint density at radius 3 is 2.83 bits per heavy atom. The molecule has 1 unspecified atom stereocenters. The molecule has 0 spiro atoms. The van der Waals surface area contributed by atoms with Crippen LogP contribution in [0.2, 0.25) is 0 Å². The highest BCUT2D eigenvalue weighted by molar-refractivity contribution is 9.10. The number of halogens is 2. The van der Waals surface area contributed by atoms with Crippen LogP contribution < -0.4 is 5.73 Å². The molecule has 1 aromatic heterocycles. The minimum Gasteiger partial charge on any atom is -0.322 e. The highest BCUT2D eigenvalue weighted by atomic mass is 79.9. The first kappa shape index (κ1) is 13.2. The normalized spacial score (nSPS) is 12.4. The van der Waals surface area contributed by atoms with Gasteiger partial charge in [0.2, 0.25) is 0 Å². The zero-order chi connectivity index (χ0) is 13.1. The summed E-state index contributed by atoms with van der Waals surface area (Å²) in [5.41, 5.74) is 9.09. The van der Waals surface area contributed by atoms with E-state index < -0.39 is 0 Å². The van der Waals surface area contributed by atoms with Gasteiger partial charge in [-0.1, -0.05) is 12.1 Å². The zero-order valence-corrected chi connectivity index (χ0v) is 11.6. The summed E-state index contributed by atoms with van der Waals surface area (Å²) >= 11 is 3.18. The Hall–Kier alpha value is -1.26. The fourth-order valence-electron chi connectivity index (χ4n) is 1.90. The number of aryl methyl sites for hydroxylation is 1. The Kier molecular flexibility index (Phi) is 4.09. The monoisotopic (exact) mass is 308 g/mol. The van der Waals surface area contributed by atoms with Gasteiger partial charge in [0.1, 0.15) is 5.82 Å². The molecule has 2 rings (SSSR count). The lowest BCUT2D eigenvalue weighted by Crippen LogP contribution is -2.16. The van der Waals surface area contributed by atoms with Crippen molar-refractivity contribution in [2.75, 3.05) is 0 Å². The van der Waals surface area contributed by atoms with Gasteiger partial charge in [0.15, 0.2) is 0 Å². The van der Waals surface area contributed by atoms with E-state index in [0.717, 1.165) is 16.8 Å². The number of rotatable bonds is 3. The van der Waals surface area contributed by atoms with Crippen LogP contribution in [0.1, 0.15) is 22.9 Å². The Balaban J connectivity index is 2.19. The summed E-state index contributed by atoms with van der Waals surface area (Å²) in [4.78, 5) is 4.30. The summed E-state index contributed by atoms with van der Waals surface area (Å²) in [5, 5.41) is 0. The van der Waals surface area contributed by atoms with Crippen molar-refractivity contribution in [2.24, 2.45) is 5.73 Å². The summed E-state index contributed by atoms with van der Waals surface area (Å²) in [6, 6.07) is 8.65. The fraction of sp³-hybridized carbons (Fsp3) is 0.214. The van der Waals surface area contributed by atoms with Crippen LogP contribution in [0.3, 0.4) is 0 Å². The molecule has 1 atom stereocenters. The lowest BCUT2D eigenvalue weighted by atomic mass is 10.0. The van der Waals surface area contributed by atoms with Gasteiger partial charge in [0.25, 0.3) is 0 Å². The van der Waals surface area contributed by atoms with E-state index in [1.165, 1.54) is 6.07 Å². The predicted octanol–water partition coefficient (Wildman–Crippen LogP) is 3.53. The van der Waals surface area contributed by atoms with E-state index in [4.69, 9.17) is 5.73 Å². The molecule has 0 saturated carbocycles. The molecule has 4 heteroatoms. The number of hydrogen-bond donors (Lipinski definition) is 1. The van der Waals surface area contributed by atoms with E-state index in [2.05, 4.69) is 20.9 Å². The number of nitrogens with two attached hydrogens (primary N) is 1. The summed E-state index contributed by atoms with van der Waals surface area (Å²) in [7, 11) is 0. The van der Waals surface area contributed by atoms with E-state index in [9.17, 15) is 4.39 Å². The smallest absolute Gasteiger partial charge is 0.137 e. The van der Waals surface area contributed by atoms with Crippen molar-refractivity contribution in [1.82, 2.24) is 4.98 Å². The maximum Gasteiger partial charge on any atom is 0.137 e. The van der Waals surface area contributed by atoms with Crippen LogP contribution in [-0.2, 0) is 6.42 Å². The number of benzene rings is 1. The first-order valence-corrected chi connectivity index (χ1v) is 6.48. The van der Waals surface area contributed by atoms with Crippen molar-refractivity contribution in [3.8, 4) is 0 Å². The maximum atomic E-state index is 13.1. The Morgan fingerprint density at radius 1 is 1.39 bits per heavy atom. The third kappa shape index (κ3) is 2.94. The van der Waals surface area contributed by atoms with Crippen molar-refractivity contribution in [1.29, 1.82) is 0 Å². The van der Waals surface area contributed by atoms with Gasteiger partial charge in [-0.3, -0.25) is 4.98 Å². The van der Waals surface area contributed by atoms with Crippen molar-refractivity contribution in [3.05, 3.63) is 63.6 Å². The van der Waals surface area contributed by atoms with Crippen LogP contribution >= 0.6 is 15.9 Å². The molecule has 2 nitrogen and oxygen atoms in total. The number of hydrogen-bond acceptors (Lipinski definition) is 2. The van der Waals surface area contributed by atoms with Crippen LogP contribution in [-0.4, -0.2) is 4.98 Å². The van der Waals surface area contributed by atoms with Gasteiger partial charge in [-0.2, -0.15) is 0 Å². The summed E-state index contributed by atoms with van der Waals surface area (Å²) in [6.07, 6.45) is 2.37. The third-order valence-corrected chi connectivity index (χ3v) is 3.45. The topological polar surface area (TPSA) is 38.9 Å². The van der Waals surface area contributed by atoms with Gasteiger partial charge in [-0.05, 0) is 58.6 Å². The van der Waals surface area contributed by atoms with E-state index in [0.29, 0.717) is 10.9 Å². The molecular weight excluding hydrogens is 295 g/mol. The van der Waals surface area contributed by atoms with Gasteiger partial charge >= 0.3 is 0 Å². The molecular formula is C14H14BrFN2. The van der Waals surface area contributed by atoms with Gasteiger partial charge < -0.3 is 5.73 Å². The predicted molar refractivity (Wildman–Crippen MR) is 73.7 cm³/mol. The van der Waals surface area contributed by atoms with Crippen molar-refractivity contribution >= 4 is 15.9 Å². The van der Waals surface area contributed by atoms with Gasteiger partial charge in [-0.25, -0.2) is 4.39 Å². The maximum absolute atomic E-state index is 13.1. The van der Waals surface area contributed by atoms with Crippen molar-refractivity contribution in [3.63, 3.8) is 0 Å². The van der Waals surface area contributed by atoms with Crippen LogP contribution in [0.4, 0.5) is 4.39 Å². The average Bonchev–Trinajstić information content (AvgIpc) is 2.34. The Morgan fingerprint density at radius 2 is 2.17 bits per heavy atom. The minimum absolute atomic E-state index is 0.177. The molecule has 0 fully saturated rings.